The van der Waals surface area contributed by atoms with E-state index in [4.69, 9.17) is 5.73 Å². The molecule has 2 N–H and O–H groups in total. The van der Waals surface area contributed by atoms with Crippen LogP contribution in [0.25, 0.3) is 0 Å². The molecule has 2 aromatic carbocycles. The second kappa shape index (κ2) is 5.92. The van der Waals surface area contributed by atoms with Crippen molar-refractivity contribution in [1.29, 1.82) is 0 Å². The van der Waals surface area contributed by atoms with Gasteiger partial charge in [-0.05, 0) is 64.4 Å². The average molecular weight is 377 g/mol. The number of halogens is 4. The van der Waals surface area contributed by atoms with Crippen LogP contribution in [0.2, 0.25) is 0 Å². The fourth-order valence-corrected chi connectivity index (χ4v) is 2.77. The molecule has 19 heavy (non-hydrogen) atoms. The molecule has 1 nitrogen and oxygen atoms in total. The summed E-state index contributed by atoms with van der Waals surface area (Å²) in [5, 5.41) is 0. The third-order valence-electron chi connectivity index (χ3n) is 2.74. The topological polar surface area (TPSA) is 26.0 Å². The Morgan fingerprint density at radius 3 is 2.16 bits per heavy atom. The summed E-state index contributed by atoms with van der Waals surface area (Å²) >= 11 is 1.99. The maximum atomic E-state index is 13.1. The van der Waals surface area contributed by atoms with E-state index in [0.29, 0.717) is 9.13 Å². The molecule has 5 heteroatoms. The van der Waals surface area contributed by atoms with Crippen molar-refractivity contribution < 1.29 is 13.2 Å². The SMILES string of the molecule is NC(Cc1cc(F)cc(F)c1)c1ccc(F)cc1I. The van der Waals surface area contributed by atoms with Crippen LogP contribution in [0.4, 0.5) is 13.2 Å². The third kappa shape index (κ3) is 3.70. The van der Waals surface area contributed by atoms with Gasteiger partial charge in [0.1, 0.15) is 17.5 Å². The smallest absolute Gasteiger partial charge is 0.126 e. The van der Waals surface area contributed by atoms with Gasteiger partial charge in [-0.25, -0.2) is 13.2 Å². The number of benzene rings is 2. The highest BCUT2D eigenvalue weighted by atomic mass is 127. The summed E-state index contributed by atoms with van der Waals surface area (Å²) in [6.07, 6.45) is 0.288. The normalized spacial score (nSPS) is 12.5. The molecule has 0 radical (unpaired) electrons. The van der Waals surface area contributed by atoms with E-state index >= 15 is 0 Å². The Morgan fingerprint density at radius 2 is 1.58 bits per heavy atom. The Balaban J connectivity index is 2.22. The molecule has 0 saturated carbocycles. The van der Waals surface area contributed by atoms with Crippen molar-refractivity contribution in [3.63, 3.8) is 0 Å². The van der Waals surface area contributed by atoms with E-state index < -0.39 is 17.7 Å². The summed E-state index contributed by atoms with van der Waals surface area (Å²) in [7, 11) is 0. The van der Waals surface area contributed by atoms with Gasteiger partial charge in [0.2, 0.25) is 0 Å². The van der Waals surface area contributed by atoms with E-state index in [0.717, 1.165) is 11.6 Å². The van der Waals surface area contributed by atoms with Crippen molar-refractivity contribution in [2.45, 2.75) is 12.5 Å². The van der Waals surface area contributed by atoms with E-state index in [9.17, 15) is 13.2 Å². The molecule has 1 atom stereocenters. The second-order valence-corrected chi connectivity index (χ2v) is 5.42. The fraction of sp³-hybridized carbons (Fsp3) is 0.143. The zero-order valence-corrected chi connectivity index (χ0v) is 12.0. The molecule has 0 aromatic heterocycles. The molecule has 0 aliphatic carbocycles. The van der Waals surface area contributed by atoms with Crippen molar-refractivity contribution in [1.82, 2.24) is 0 Å². The molecule has 2 rings (SSSR count). The minimum absolute atomic E-state index is 0.288. The van der Waals surface area contributed by atoms with Crippen LogP contribution in [-0.2, 0) is 6.42 Å². The van der Waals surface area contributed by atoms with Crippen molar-refractivity contribution in [3.05, 3.63) is 68.5 Å². The predicted molar refractivity (Wildman–Crippen MR) is 76.1 cm³/mol. The van der Waals surface area contributed by atoms with Gasteiger partial charge in [0, 0.05) is 15.7 Å². The van der Waals surface area contributed by atoms with Crippen LogP contribution in [0.3, 0.4) is 0 Å². The highest BCUT2D eigenvalue weighted by Crippen LogP contribution is 2.23. The first-order valence-corrected chi connectivity index (χ1v) is 6.69. The van der Waals surface area contributed by atoms with Crippen molar-refractivity contribution in [3.8, 4) is 0 Å². The van der Waals surface area contributed by atoms with Crippen LogP contribution in [-0.4, -0.2) is 0 Å². The van der Waals surface area contributed by atoms with E-state index in [1.54, 1.807) is 6.07 Å². The first-order chi connectivity index (χ1) is 8.95. The minimum Gasteiger partial charge on any atom is -0.324 e. The van der Waals surface area contributed by atoms with Gasteiger partial charge in [-0.15, -0.1) is 0 Å². The summed E-state index contributed by atoms with van der Waals surface area (Å²) in [5.74, 6) is -1.59. The Labute approximate surface area is 122 Å². The lowest BCUT2D eigenvalue weighted by Crippen LogP contribution is -2.15. The second-order valence-electron chi connectivity index (χ2n) is 4.25. The summed E-state index contributed by atoms with van der Waals surface area (Å²) in [6, 6.07) is 7.17. The molecule has 0 bridgehead atoms. The molecule has 1 unspecified atom stereocenters. The molecule has 100 valence electrons. The van der Waals surface area contributed by atoms with Gasteiger partial charge in [0.15, 0.2) is 0 Å². The first-order valence-electron chi connectivity index (χ1n) is 5.61. The van der Waals surface area contributed by atoms with Gasteiger partial charge in [0.25, 0.3) is 0 Å². The largest absolute Gasteiger partial charge is 0.324 e. The zero-order chi connectivity index (χ0) is 14.0. The highest BCUT2D eigenvalue weighted by molar-refractivity contribution is 14.1. The maximum absolute atomic E-state index is 13.1. The average Bonchev–Trinajstić information content (AvgIpc) is 2.26. The molecule has 0 amide bonds. The standard InChI is InChI=1S/C14H11F3IN/c15-9-1-2-12(13(18)7-9)14(19)5-8-3-10(16)6-11(17)4-8/h1-4,6-7,14H,5,19H2. The van der Waals surface area contributed by atoms with Crippen LogP contribution in [0, 0.1) is 21.0 Å². The summed E-state index contributed by atoms with van der Waals surface area (Å²) in [4.78, 5) is 0. The van der Waals surface area contributed by atoms with E-state index in [1.165, 1.54) is 24.3 Å². The van der Waals surface area contributed by atoms with Crippen LogP contribution in [0.1, 0.15) is 17.2 Å². The van der Waals surface area contributed by atoms with Gasteiger partial charge in [-0.2, -0.15) is 0 Å². The molecule has 0 aliphatic rings. The Hall–Kier alpha value is -1.08. The molecular weight excluding hydrogens is 366 g/mol. The zero-order valence-electron chi connectivity index (χ0n) is 9.84. The molecule has 0 spiro atoms. The number of hydrogen-bond acceptors (Lipinski definition) is 1. The van der Waals surface area contributed by atoms with Crippen LogP contribution in [0.15, 0.2) is 36.4 Å². The van der Waals surface area contributed by atoms with Gasteiger partial charge in [0.05, 0.1) is 0 Å². The molecule has 0 saturated heterocycles. The molecule has 0 aliphatic heterocycles. The van der Waals surface area contributed by atoms with Crippen molar-refractivity contribution in [2.24, 2.45) is 5.73 Å². The van der Waals surface area contributed by atoms with E-state index in [2.05, 4.69) is 0 Å². The van der Waals surface area contributed by atoms with Crippen molar-refractivity contribution in [2.75, 3.05) is 0 Å². The van der Waals surface area contributed by atoms with E-state index in [1.807, 2.05) is 22.6 Å². The third-order valence-corrected chi connectivity index (χ3v) is 3.67. The molecule has 2 aromatic rings. The van der Waals surface area contributed by atoms with Gasteiger partial charge < -0.3 is 5.73 Å². The first kappa shape index (κ1) is 14.3. The number of nitrogens with two attached hydrogens (primary N) is 1. The van der Waals surface area contributed by atoms with Gasteiger partial charge in [-0.1, -0.05) is 6.07 Å². The lowest BCUT2D eigenvalue weighted by molar-refractivity contribution is 0.576. The van der Waals surface area contributed by atoms with Crippen LogP contribution in [0.5, 0.6) is 0 Å². The van der Waals surface area contributed by atoms with Crippen LogP contribution >= 0.6 is 22.6 Å². The molecular formula is C14H11F3IN. The summed E-state index contributed by atoms with van der Waals surface area (Å²) in [5.41, 5.74) is 7.24. The lowest BCUT2D eigenvalue weighted by Gasteiger charge is -2.14. The fourth-order valence-electron chi connectivity index (χ4n) is 1.89. The van der Waals surface area contributed by atoms with Gasteiger partial charge in [-0.3, -0.25) is 0 Å². The Kier molecular flexibility index (Phi) is 4.46. The quantitative estimate of drug-likeness (QED) is 0.806. The van der Waals surface area contributed by atoms with Crippen molar-refractivity contribution >= 4 is 22.6 Å². The minimum atomic E-state index is -0.629. The summed E-state index contributed by atoms with van der Waals surface area (Å²) < 4.78 is 39.9. The Bertz CT molecular complexity index is 581. The molecule has 0 fully saturated rings. The Morgan fingerprint density at radius 1 is 0.947 bits per heavy atom. The van der Waals surface area contributed by atoms with Gasteiger partial charge >= 0.3 is 0 Å². The number of rotatable bonds is 3. The van der Waals surface area contributed by atoms with E-state index in [-0.39, 0.29) is 12.2 Å². The highest BCUT2D eigenvalue weighted by Gasteiger charge is 2.12. The number of hydrogen-bond donors (Lipinski definition) is 1. The predicted octanol–water partition coefficient (Wildman–Crippen LogP) is 3.95. The lowest BCUT2D eigenvalue weighted by atomic mass is 9.99. The molecule has 0 heterocycles. The van der Waals surface area contributed by atoms with Crippen LogP contribution < -0.4 is 5.73 Å². The monoisotopic (exact) mass is 377 g/mol. The maximum Gasteiger partial charge on any atom is 0.126 e. The summed E-state index contributed by atoms with van der Waals surface area (Å²) in [6.45, 7) is 0.